The normalized spacial score (nSPS) is 15.2. The first kappa shape index (κ1) is 19.3. The van der Waals surface area contributed by atoms with Gasteiger partial charge >= 0.3 is 0 Å². The average Bonchev–Trinajstić information content (AvgIpc) is 3.19. The van der Waals surface area contributed by atoms with E-state index < -0.39 is 21.6 Å². The van der Waals surface area contributed by atoms with Gasteiger partial charge in [-0.1, -0.05) is 29.8 Å². The van der Waals surface area contributed by atoms with Crippen molar-refractivity contribution in [3.63, 3.8) is 0 Å². The second-order valence-electron chi connectivity index (χ2n) is 6.58. The highest BCUT2D eigenvalue weighted by Crippen LogP contribution is 2.33. The summed E-state index contributed by atoms with van der Waals surface area (Å²) in [4.78, 5) is 23.3. The van der Waals surface area contributed by atoms with Gasteiger partial charge in [0.25, 0.3) is 11.6 Å². The van der Waals surface area contributed by atoms with E-state index in [2.05, 4.69) is 10.4 Å². The molecule has 1 aliphatic rings. The molecule has 1 aromatic heterocycles. The first-order valence-corrected chi connectivity index (χ1v) is 10.5. The molecule has 0 bridgehead atoms. The fraction of sp³-hybridized carbons (Fsp3) is 0.158. The number of fused-ring (bicyclic) bond motifs is 1. The molecule has 1 atom stereocenters. The van der Waals surface area contributed by atoms with Crippen molar-refractivity contribution >= 4 is 39.8 Å². The smallest absolute Gasteiger partial charge is 0.288 e. The summed E-state index contributed by atoms with van der Waals surface area (Å²) in [6.45, 7) is 1.93. The van der Waals surface area contributed by atoms with Crippen LogP contribution in [0.4, 0.5) is 11.5 Å². The van der Waals surface area contributed by atoms with Gasteiger partial charge in [-0.2, -0.15) is 5.10 Å². The van der Waals surface area contributed by atoms with Gasteiger partial charge in [0.05, 0.1) is 27.8 Å². The molecule has 2 aromatic carbocycles. The number of carbonyl (C=O) groups excluding carboxylic acids is 1. The minimum absolute atomic E-state index is 0.0483. The van der Waals surface area contributed by atoms with Gasteiger partial charge < -0.3 is 5.32 Å². The highest BCUT2D eigenvalue weighted by molar-refractivity contribution is 7.83. The van der Waals surface area contributed by atoms with Crippen molar-refractivity contribution in [3.8, 4) is 5.69 Å². The van der Waals surface area contributed by atoms with Crippen LogP contribution in [-0.2, 0) is 22.3 Å². The van der Waals surface area contributed by atoms with Crippen molar-refractivity contribution in [2.45, 2.75) is 18.4 Å². The predicted molar refractivity (Wildman–Crippen MR) is 110 cm³/mol. The van der Waals surface area contributed by atoms with E-state index in [1.54, 1.807) is 4.68 Å². The zero-order valence-electron chi connectivity index (χ0n) is 15.2. The fourth-order valence-electron chi connectivity index (χ4n) is 3.21. The van der Waals surface area contributed by atoms with Crippen molar-refractivity contribution in [1.29, 1.82) is 0 Å². The van der Waals surface area contributed by atoms with Crippen molar-refractivity contribution in [1.82, 2.24) is 9.78 Å². The van der Waals surface area contributed by atoms with Crippen molar-refractivity contribution < 1.29 is 13.9 Å². The highest BCUT2D eigenvalue weighted by Gasteiger charge is 2.29. The predicted octanol–water partition coefficient (Wildman–Crippen LogP) is 3.76. The molecule has 0 spiro atoms. The molecule has 10 heteroatoms. The molecular weight excluding hydrogens is 416 g/mol. The highest BCUT2D eigenvalue weighted by atomic mass is 35.5. The summed E-state index contributed by atoms with van der Waals surface area (Å²) in [5, 5.41) is 18.4. The number of amides is 1. The standard InChI is InChI=1S/C19H15ClN4O4S/c1-11-4-2-3-5-16(11)23-18(13-9-29(28)10-15(13)22-23)21-19(25)12-6-7-14(20)17(8-12)24(26)27/h2-8H,9-10H2,1H3,(H,21,25)/t29-/m1/s1. The summed E-state index contributed by atoms with van der Waals surface area (Å²) in [7, 11) is -1.07. The van der Waals surface area contributed by atoms with Crippen LogP contribution in [0, 0.1) is 17.0 Å². The topological polar surface area (TPSA) is 107 Å². The van der Waals surface area contributed by atoms with E-state index in [0.717, 1.165) is 17.3 Å². The summed E-state index contributed by atoms with van der Waals surface area (Å²) in [5.41, 5.74) is 2.86. The number of nitro benzene ring substituents is 1. The maximum Gasteiger partial charge on any atom is 0.288 e. The van der Waals surface area contributed by atoms with Gasteiger partial charge in [-0.15, -0.1) is 0 Å². The Hall–Kier alpha value is -3.04. The number of nitro groups is 1. The molecule has 0 saturated heterocycles. The van der Waals surface area contributed by atoms with Crippen molar-refractivity contribution in [3.05, 3.63) is 80.0 Å². The molecule has 0 radical (unpaired) electrons. The minimum atomic E-state index is -1.07. The number of aryl methyl sites for hydroxylation is 1. The van der Waals surface area contributed by atoms with Gasteiger partial charge in [0.15, 0.2) is 0 Å². The van der Waals surface area contributed by atoms with Crippen LogP contribution in [0.3, 0.4) is 0 Å². The summed E-state index contributed by atoms with van der Waals surface area (Å²) in [6, 6.07) is 11.4. The van der Waals surface area contributed by atoms with Gasteiger partial charge in [-0.3, -0.25) is 19.1 Å². The molecular formula is C19H15ClN4O4S. The van der Waals surface area contributed by atoms with E-state index in [-0.39, 0.29) is 22.0 Å². The molecule has 0 fully saturated rings. The Morgan fingerprint density at radius 1 is 1.28 bits per heavy atom. The van der Waals surface area contributed by atoms with Gasteiger partial charge in [0, 0.05) is 28.0 Å². The number of hydrogen-bond acceptors (Lipinski definition) is 5. The molecule has 1 amide bonds. The number of para-hydroxylation sites is 1. The average molecular weight is 431 g/mol. The van der Waals surface area contributed by atoms with Crippen molar-refractivity contribution in [2.24, 2.45) is 0 Å². The second kappa shape index (κ2) is 7.41. The third kappa shape index (κ3) is 3.54. The number of nitrogens with one attached hydrogen (secondary N) is 1. The zero-order chi connectivity index (χ0) is 20.7. The molecule has 0 saturated carbocycles. The monoisotopic (exact) mass is 430 g/mol. The number of carbonyl (C=O) groups is 1. The van der Waals surface area contributed by atoms with E-state index in [0.29, 0.717) is 22.8 Å². The Morgan fingerprint density at radius 2 is 2.03 bits per heavy atom. The van der Waals surface area contributed by atoms with E-state index >= 15 is 0 Å². The third-order valence-corrected chi connectivity index (χ3v) is 6.18. The first-order chi connectivity index (χ1) is 13.8. The molecule has 1 aliphatic heterocycles. The molecule has 1 N–H and O–H groups in total. The first-order valence-electron chi connectivity index (χ1n) is 8.62. The summed E-state index contributed by atoms with van der Waals surface area (Å²) < 4.78 is 13.6. The number of hydrogen-bond donors (Lipinski definition) is 1. The summed E-state index contributed by atoms with van der Waals surface area (Å²) in [5.74, 6) is 0.490. The lowest BCUT2D eigenvalue weighted by atomic mass is 10.1. The number of halogens is 1. The Morgan fingerprint density at radius 3 is 2.76 bits per heavy atom. The molecule has 4 rings (SSSR count). The molecule has 148 valence electrons. The van der Waals surface area contributed by atoms with E-state index in [4.69, 9.17) is 11.6 Å². The maximum absolute atomic E-state index is 12.9. The van der Waals surface area contributed by atoms with E-state index in [9.17, 15) is 19.1 Å². The van der Waals surface area contributed by atoms with Crippen LogP contribution < -0.4 is 5.32 Å². The van der Waals surface area contributed by atoms with Crippen LogP contribution in [0.25, 0.3) is 5.69 Å². The van der Waals surface area contributed by atoms with Crippen LogP contribution in [-0.4, -0.2) is 24.8 Å². The van der Waals surface area contributed by atoms with Crippen LogP contribution >= 0.6 is 11.6 Å². The largest absolute Gasteiger partial charge is 0.306 e. The molecule has 8 nitrogen and oxygen atoms in total. The second-order valence-corrected chi connectivity index (χ2v) is 8.44. The van der Waals surface area contributed by atoms with Gasteiger partial charge in [-0.05, 0) is 30.7 Å². The Kier molecular flexibility index (Phi) is 4.93. The molecule has 2 heterocycles. The quantitative estimate of drug-likeness (QED) is 0.501. The molecule has 29 heavy (non-hydrogen) atoms. The van der Waals surface area contributed by atoms with Crippen LogP contribution in [0.1, 0.15) is 27.2 Å². The molecule has 3 aromatic rings. The number of rotatable bonds is 4. The number of nitrogens with zero attached hydrogens (tertiary/aromatic N) is 3. The number of aromatic nitrogens is 2. The van der Waals surface area contributed by atoms with Gasteiger partial charge in [0.2, 0.25) is 0 Å². The third-order valence-electron chi connectivity index (χ3n) is 4.65. The lowest BCUT2D eigenvalue weighted by Crippen LogP contribution is -2.17. The van der Waals surface area contributed by atoms with Crippen LogP contribution in [0.2, 0.25) is 5.02 Å². The van der Waals surface area contributed by atoms with Crippen molar-refractivity contribution in [2.75, 3.05) is 5.32 Å². The lowest BCUT2D eigenvalue weighted by Gasteiger charge is -2.13. The van der Waals surface area contributed by atoms with Gasteiger partial charge in [0.1, 0.15) is 10.8 Å². The molecule has 0 unspecified atom stereocenters. The van der Waals surface area contributed by atoms with Crippen LogP contribution in [0.15, 0.2) is 42.5 Å². The number of anilines is 1. The Balaban J connectivity index is 1.76. The van der Waals surface area contributed by atoms with Crippen LogP contribution in [0.5, 0.6) is 0 Å². The zero-order valence-corrected chi connectivity index (χ0v) is 16.8. The minimum Gasteiger partial charge on any atom is -0.306 e. The van der Waals surface area contributed by atoms with E-state index in [1.165, 1.54) is 12.1 Å². The SMILES string of the molecule is Cc1ccccc1-n1nc2c(c1NC(=O)c1ccc(Cl)c([N+](=O)[O-])c1)C[S@@](=O)C2. The van der Waals surface area contributed by atoms with Gasteiger partial charge in [-0.25, -0.2) is 4.68 Å². The van der Waals surface area contributed by atoms with E-state index in [1.807, 2.05) is 31.2 Å². The maximum atomic E-state index is 12.9. The Bertz CT molecular complexity index is 1190. The number of benzene rings is 2. The Labute approximate surface area is 173 Å². The summed E-state index contributed by atoms with van der Waals surface area (Å²) in [6.07, 6.45) is 0. The molecule has 0 aliphatic carbocycles. The summed E-state index contributed by atoms with van der Waals surface area (Å²) >= 11 is 5.83. The fourth-order valence-corrected chi connectivity index (χ4v) is 4.66. The lowest BCUT2D eigenvalue weighted by molar-refractivity contribution is -0.384.